The van der Waals surface area contributed by atoms with Crippen molar-refractivity contribution in [2.24, 2.45) is 0 Å². The first-order valence-corrected chi connectivity index (χ1v) is 9.86. The molecular weight excluding hydrogens is 353 g/mol. The minimum Gasteiger partial charge on any atom is -0.489 e. The molecule has 0 bridgehead atoms. The van der Waals surface area contributed by atoms with E-state index in [0.29, 0.717) is 22.7 Å². The van der Waals surface area contributed by atoms with Gasteiger partial charge in [-0.05, 0) is 42.7 Å². The molecule has 2 aromatic carbocycles. The molecular formula is C21H25Cl2NO. The van der Waals surface area contributed by atoms with Crippen molar-refractivity contribution in [2.45, 2.75) is 57.7 Å². The molecule has 0 amide bonds. The zero-order valence-corrected chi connectivity index (χ0v) is 16.0. The van der Waals surface area contributed by atoms with Crippen LogP contribution in [-0.2, 0) is 13.2 Å². The monoisotopic (exact) mass is 377 g/mol. The van der Waals surface area contributed by atoms with Gasteiger partial charge < -0.3 is 10.1 Å². The maximum Gasteiger partial charge on any atom is 0.120 e. The van der Waals surface area contributed by atoms with E-state index in [1.807, 2.05) is 30.3 Å². The molecule has 1 aliphatic rings. The van der Waals surface area contributed by atoms with Gasteiger partial charge in [0, 0.05) is 28.2 Å². The van der Waals surface area contributed by atoms with Crippen molar-refractivity contribution in [1.29, 1.82) is 0 Å². The van der Waals surface area contributed by atoms with Crippen molar-refractivity contribution in [3.05, 3.63) is 63.6 Å². The van der Waals surface area contributed by atoms with Gasteiger partial charge in [-0.3, -0.25) is 0 Å². The number of ether oxygens (including phenoxy) is 1. The van der Waals surface area contributed by atoms with Gasteiger partial charge in [-0.1, -0.05) is 67.1 Å². The molecule has 1 aliphatic carbocycles. The van der Waals surface area contributed by atoms with E-state index in [9.17, 15) is 0 Å². The van der Waals surface area contributed by atoms with Gasteiger partial charge in [0.15, 0.2) is 0 Å². The van der Waals surface area contributed by atoms with Gasteiger partial charge >= 0.3 is 0 Å². The van der Waals surface area contributed by atoms with Gasteiger partial charge in [0.2, 0.25) is 0 Å². The topological polar surface area (TPSA) is 21.3 Å². The Morgan fingerprint density at radius 1 is 0.920 bits per heavy atom. The highest BCUT2D eigenvalue weighted by Crippen LogP contribution is 2.26. The van der Waals surface area contributed by atoms with E-state index in [2.05, 4.69) is 17.4 Å². The fourth-order valence-corrected chi connectivity index (χ4v) is 3.82. The lowest BCUT2D eigenvalue weighted by Gasteiger charge is -2.16. The molecule has 0 heterocycles. The summed E-state index contributed by atoms with van der Waals surface area (Å²) < 4.78 is 5.91. The molecule has 0 radical (unpaired) electrons. The van der Waals surface area contributed by atoms with Crippen LogP contribution < -0.4 is 10.1 Å². The number of hydrogen-bond acceptors (Lipinski definition) is 2. The summed E-state index contributed by atoms with van der Waals surface area (Å²) >= 11 is 12.4. The average Bonchev–Trinajstić information content (AvgIpc) is 2.89. The molecule has 25 heavy (non-hydrogen) atoms. The summed E-state index contributed by atoms with van der Waals surface area (Å²) in [7, 11) is 0. The second-order valence-corrected chi connectivity index (χ2v) is 7.52. The molecule has 0 unspecified atom stereocenters. The second-order valence-electron chi connectivity index (χ2n) is 6.71. The molecule has 2 nitrogen and oxygen atoms in total. The van der Waals surface area contributed by atoms with E-state index in [-0.39, 0.29) is 0 Å². The van der Waals surface area contributed by atoms with Crippen LogP contribution in [0.2, 0.25) is 10.0 Å². The zero-order chi connectivity index (χ0) is 17.5. The summed E-state index contributed by atoms with van der Waals surface area (Å²) in [6, 6.07) is 14.4. The van der Waals surface area contributed by atoms with Crippen LogP contribution in [0.15, 0.2) is 42.5 Å². The molecule has 0 saturated heterocycles. The number of hydrogen-bond donors (Lipinski definition) is 1. The Morgan fingerprint density at radius 2 is 1.60 bits per heavy atom. The molecule has 0 aromatic heterocycles. The highest BCUT2D eigenvalue weighted by Gasteiger charge is 2.11. The lowest BCUT2D eigenvalue weighted by molar-refractivity contribution is 0.306. The van der Waals surface area contributed by atoms with Crippen LogP contribution >= 0.6 is 23.2 Å². The van der Waals surface area contributed by atoms with E-state index < -0.39 is 0 Å². The second kappa shape index (κ2) is 9.47. The van der Waals surface area contributed by atoms with Gasteiger partial charge in [0.05, 0.1) is 0 Å². The Hall–Kier alpha value is -1.22. The number of halogens is 2. The van der Waals surface area contributed by atoms with Crippen molar-refractivity contribution in [1.82, 2.24) is 5.32 Å². The SMILES string of the molecule is Clc1cccc(Cl)c1COc1cccc(CNC2CCCCCC2)c1. The summed E-state index contributed by atoms with van der Waals surface area (Å²) in [5.41, 5.74) is 2.07. The Kier molecular flexibility index (Phi) is 7.03. The van der Waals surface area contributed by atoms with Crippen molar-refractivity contribution >= 4 is 23.2 Å². The molecule has 1 N–H and O–H groups in total. The molecule has 2 aromatic rings. The minimum atomic E-state index is 0.373. The van der Waals surface area contributed by atoms with E-state index in [4.69, 9.17) is 27.9 Å². The maximum absolute atomic E-state index is 6.20. The fraction of sp³-hybridized carbons (Fsp3) is 0.429. The van der Waals surface area contributed by atoms with Crippen molar-refractivity contribution in [3.63, 3.8) is 0 Å². The summed E-state index contributed by atoms with van der Waals surface area (Å²) in [6.45, 7) is 1.26. The third-order valence-corrected chi connectivity index (χ3v) is 5.50. The molecule has 1 saturated carbocycles. The average molecular weight is 378 g/mol. The summed E-state index contributed by atoms with van der Waals surface area (Å²) in [6.07, 6.45) is 8.04. The Labute approximate surface area is 160 Å². The third kappa shape index (κ3) is 5.64. The standard InChI is InChI=1S/C21H25Cl2NO/c22-20-11-6-12-21(23)19(20)15-25-18-10-5-7-16(13-18)14-24-17-8-3-1-2-4-9-17/h5-7,10-13,17,24H,1-4,8-9,14-15H2. The summed E-state index contributed by atoms with van der Waals surface area (Å²) in [5, 5.41) is 4.97. The lowest BCUT2D eigenvalue weighted by Crippen LogP contribution is -2.27. The largest absolute Gasteiger partial charge is 0.489 e. The lowest BCUT2D eigenvalue weighted by atomic mass is 10.1. The van der Waals surface area contributed by atoms with E-state index in [1.165, 1.54) is 44.1 Å². The van der Waals surface area contributed by atoms with Crippen LogP contribution in [0.25, 0.3) is 0 Å². The van der Waals surface area contributed by atoms with Crippen LogP contribution in [-0.4, -0.2) is 6.04 Å². The first-order valence-electron chi connectivity index (χ1n) is 9.10. The van der Waals surface area contributed by atoms with Crippen LogP contribution in [0.3, 0.4) is 0 Å². The number of benzene rings is 2. The van der Waals surface area contributed by atoms with Crippen LogP contribution in [0, 0.1) is 0 Å². The van der Waals surface area contributed by atoms with Gasteiger partial charge in [0.1, 0.15) is 12.4 Å². The normalized spacial score (nSPS) is 15.8. The fourth-order valence-electron chi connectivity index (χ4n) is 3.32. The molecule has 0 spiro atoms. The molecule has 4 heteroatoms. The van der Waals surface area contributed by atoms with Crippen molar-refractivity contribution in [3.8, 4) is 5.75 Å². The molecule has 0 atom stereocenters. The maximum atomic E-state index is 6.20. The smallest absolute Gasteiger partial charge is 0.120 e. The predicted octanol–water partition coefficient (Wildman–Crippen LogP) is 6.38. The predicted molar refractivity (Wildman–Crippen MR) is 106 cm³/mol. The first-order chi connectivity index (χ1) is 12.2. The number of nitrogens with one attached hydrogen (secondary N) is 1. The first kappa shape index (κ1) is 18.6. The summed E-state index contributed by atoms with van der Waals surface area (Å²) in [4.78, 5) is 0. The van der Waals surface area contributed by atoms with Gasteiger partial charge in [-0.2, -0.15) is 0 Å². The molecule has 0 aliphatic heterocycles. The van der Waals surface area contributed by atoms with Crippen LogP contribution in [0.5, 0.6) is 5.75 Å². The Morgan fingerprint density at radius 3 is 2.32 bits per heavy atom. The highest BCUT2D eigenvalue weighted by molar-refractivity contribution is 6.35. The minimum absolute atomic E-state index is 0.373. The van der Waals surface area contributed by atoms with E-state index in [1.54, 1.807) is 0 Å². The third-order valence-electron chi connectivity index (χ3n) is 4.79. The Balaban J connectivity index is 1.56. The van der Waals surface area contributed by atoms with Gasteiger partial charge in [0.25, 0.3) is 0 Å². The molecule has 3 rings (SSSR count). The zero-order valence-electron chi connectivity index (χ0n) is 14.4. The van der Waals surface area contributed by atoms with Crippen molar-refractivity contribution in [2.75, 3.05) is 0 Å². The Bertz CT molecular complexity index is 661. The van der Waals surface area contributed by atoms with Crippen LogP contribution in [0.4, 0.5) is 0 Å². The quantitative estimate of drug-likeness (QED) is 0.589. The van der Waals surface area contributed by atoms with Gasteiger partial charge in [-0.15, -0.1) is 0 Å². The summed E-state index contributed by atoms with van der Waals surface area (Å²) in [5.74, 6) is 0.844. The highest BCUT2D eigenvalue weighted by atomic mass is 35.5. The molecule has 1 fully saturated rings. The van der Waals surface area contributed by atoms with Crippen molar-refractivity contribution < 1.29 is 4.74 Å². The van der Waals surface area contributed by atoms with E-state index in [0.717, 1.165) is 17.9 Å². The van der Waals surface area contributed by atoms with E-state index >= 15 is 0 Å². The van der Waals surface area contributed by atoms with Gasteiger partial charge in [-0.25, -0.2) is 0 Å². The number of rotatable bonds is 6. The van der Waals surface area contributed by atoms with Crippen LogP contribution in [0.1, 0.15) is 49.7 Å². The molecule has 134 valence electrons.